The van der Waals surface area contributed by atoms with Crippen LogP contribution in [0.2, 0.25) is 0 Å². The Kier molecular flexibility index (Phi) is 6.04. The smallest absolute Gasteiger partial charge is 0.337 e. The molecule has 0 aliphatic rings. The van der Waals surface area contributed by atoms with Crippen molar-refractivity contribution < 1.29 is 14.3 Å². The van der Waals surface area contributed by atoms with Crippen molar-refractivity contribution in [3.63, 3.8) is 0 Å². The molecule has 3 rings (SSSR count). The average Bonchev–Trinajstić information content (AvgIpc) is 3.29. The van der Waals surface area contributed by atoms with Crippen molar-refractivity contribution in [3.8, 4) is 5.69 Å². The van der Waals surface area contributed by atoms with Gasteiger partial charge < -0.3 is 13.9 Å². The third-order valence-electron chi connectivity index (χ3n) is 4.63. The van der Waals surface area contributed by atoms with Crippen molar-refractivity contribution in [3.05, 3.63) is 65.2 Å². The molecule has 3 aromatic rings. The molecule has 2 aromatic heterocycles. The number of esters is 1. The summed E-state index contributed by atoms with van der Waals surface area (Å²) in [5, 5.41) is 0.850. The zero-order chi connectivity index (χ0) is 20.3. The summed E-state index contributed by atoms with van der Waals surface area (Å²) in [4.78, 5) is 28.7. The number of carbonyl (C=O) groups excluding carboxylic acids is 2. The van der Waals surface area contributed by atoms with Crippen molar-refractivity contribution in [2.45, 2.75) is 32.5 Å². The number of Topliss-reactive ketones (excluding diaryl/α,β-unsaturated/α-hetero) is 1. The van der Waals surface area contributed by atoms with E-state index in [0.717, 1.165) is 28.8 Å². The minimum atomic E-state index is -0.370. The normalized spacial score (nSPS) is 10.9. The lowest BCUT2D eigenvalue weighted by atomic mass is 10.2. The Morgan fingerprint density at radius 3 is 2.54 bits per heavy atom. The number of aryl methyl sites for hydroxylation is 2. The number of hydrogen-bond donors (Lipinski definition) is 0. The Balaban J connectivity index is 1.81. The number of hydrogen-bond acceptors (Lipinski definition) is 5. The zero-order valence-corrected chi connectivity index (χ0v) is 17.2. The number of thioether (sulfide) groups is 1. The fraction of sp³-hybridized carbons (Fsp3) is 0.286. The number of ether oxygens (including phenoxy) is 1. The number of ketones is 1. The van der Waals surface area contributed by atoms with Crippen LogP contribution in [0.5, 0.6) is 0 Å². The standard InChI is InChI=1S/C21H23N3O3S/c1-5-23-11-10-22-21(23)28-13-19(25)18-12-14(2)24(15(18)3)17-8-6-16(7-9-17)20(26)27-4/h6-12H,5,13H2,1-4H3. The molecule has 6 nitrogen and oxygen atoms in total. The molecular formula is C21H23N3O3S. The predicted molar refractivity (Wildman–Crippen MR) is 110 cm³/mol. The maximum atomic E-state index is 12.8. The minimum Gasteiger partial charge on any atom is -0.465 e. The summed E-state index contributed by atoms with van der Waals surface area (Å²) in [6.45, 7) is 6.78. The average molecular weight is 398 g/mol. The fourth-order valence-electron chi connectivity index (χ4n) is 3.19. The van der Waals surface area contributed by atoms with Crippen LogP contribution >= 0.6 is 11.8 Å². The van der Waals surface area contributed by atoms with Crippen molar-refractivity contribution >= 4 is 23.5 Å². The number of nitrogens with zero attached hydrogens (tertiary/aromatic N) is 3. The lowest BCUT2D eigenvalue weighted by Crippen LogP contribution is -2.07. The zero-order valence-electron chi connectivity index (χ0n) is 16.4. The third kappa shape index (κ3) is 3.89. The van der Waals surface area contributed by atoms with Crippen LogP contribution in [0.15, 0.2) is 47.9 Å². The molecule has 1 aromatic carbocycles. The van der Waals surface area contributed by atoms with E-state index in [1.165, 1.54) is 18.9 Å². The molecular weight excluding hydrogens is 374 g/mol. The van der Waals surface area contributed by atoms with E-state index >= 15 is 0 Å². The first-order chi connectivity index (χ1) is 13.5. The van der Waals surface area contributed by atoms with E-state index in [-0.39, 0.29) is 11.8 Å². The summed E-state index contributed by atoms with van der Waals surface area (Å²) in [7, 11) is 1.36. The van der Waals surface area contributed by atoms with Gasteiger partial charge in [0.1, 0.15) is 0 Å². The number of benzene rings is 1. The van der Waals surface area contributed by atoms with Crippen molar-refractivity contribution in [1.82, 2.24) is 14.1 Å². The van der Waals surface area contributed by atoms with E-state index in [1.807, 2.05) is 54.3 Å². The van der Waals surface area contributed by atoms with Crippen LogP contribution in [0, 0.1) is 13.8 Å². The molecule has 0 unspecified atom stereocenters. The van der Waals surface area contributed by atoms with Gasteiger partial charge in [-0.15, -0.1) is 0 Å². The van der Waals surface area contributed by atoms with Gasteiger partial charge in [-0.3, -0.25) is 4.79 Å². The van der Waals surface area contributed by atoms with E-state index in [1.54, 1.807) is 18.3 Å². The van der Waals surface area contributed by atoms with Gasteiger partial charge in [-0.2, -0.15) is 0 Å². The first-order valence-corrected chi connectivity index (χ1v) is 9.99. The van der Waals surface area contributed by atoms with Crippen LogP contribution < -0.4 is 0 Å². The second kappa shape index (κ2) is 8.48. The molecule has 0 bridgehead atoms. The van der Waals surface area contributed by atoms with Gasteiger partial charge in [0.25, 0.3) is 0 Å². The van der Waals surface area contributed by atoms with Crippen molar-refractivity contribution in [1.29, 1.82) is 0 Å². The Hall–Kier alpha value is -2.80. The van der Waals surface area contributed by atoms with Crippen LogP contribution in [0.4, 0.5) is 0 Å². The first kappa shape index (κ1) is 19.9. The second-order valence-corrected chi connectivity index (χ2v) is 7.31. The monoisotopic (exact) mass is 397 g/mol. The largest absolute Gasteiger partial charge is 0.465 e. The molecule has 0 atom stereocenters. The summed E-state index contributed by atoms with van der Waals surface area (Å²) in [5.74, 6) is 0.0368. The molecule has 0 aliphatic carbocycles. The van der Waals surface area contributed by atoms with Gasteiger partial charge in [0.2, 0.25) is 0 Å². The molecule has 0 radical (unpaired) electrons. The van der Waals surface area contributed by atoms with Crippen LogP contribution in [-0.4, -0.2) is 38.7 Å². The number of methoxy groups -OCH3 is 1. The molecule has 0 saturated carbocycles. The van der Waals surface area contributed by atoms with Crippen molar-refractivity contribution in [2.75, 3.05) is 12.9 Å². The molecule has 0 N–H and O–H groups in total. The van der Waals surface area contributed by atoms with Crippen LogP contribution in [0.25, 0.3) is 5.69 Å². The summed E-state index contributed by atoms with van der Waals surface area (Å²) in [5.41, 5.74) is 3.94. The summed E-state index contributed by atoms with van der Waals surface area (Å²) >= 11 is 1.45. The SMILES string of the molecule is CCn1ccnc1SCC(=O)c1cc(C)n(-c2ccc(C(=O)OC)cc2)c1C. The van der Waals surface area contributed by atoms with Crippen LogP contribution in [0.1, 0.15) is 39.0 Å². The molecule has 0 aliphatic heterocycles. The van der Waals surface area contributed by atoms with Gasteiger partial charge in [-0.1, -0.05) is 11.8 Å². The predicted octanol–water partition coefficient (Wildman–Crippen LogP) is 4.07. The topological polar surface area (TPSA) is 66.1 Å². The molecule has 0 saturated heterocycles. The Morgan fingerprint density at radius 2 is 1.89 bits per heavy atom. The van der Waals surface area contributed by atoms with E-state index in [2.05, 4.69) is 4.98 Å². The maximum absolute atomic E-state index is 12.8. The van der Waals surface area contributed by atoms with Gasteiger partial charge in [-0.25, -0.2) is 9.78 Å². The molecule has 0 spiro atoms. The first-order valence-electron chi connectivity index (χ1n) is 9.01. The molecule has 146 valence electrons. The van der Waals surface area contributed by atoms with Gasteiger partial charge in [-0.05, 0) is 51.1 Å². The molecule has 7 heteroatoms. The van der Waals surface area contributed by atoms with Gasteiger partial charge >= 0.3 is 5.97 Å². The second-order valence-electron chi connectivity index (χ2n) is 6.37. The summed E-state index contributed by atoms with van der Waals surface area (Å²) < 4.78 is 8.78. The van der Waals surface area contributed by atoms with Crippen LogP contribution in [-0.2, 0) is 11.3 Å². The Morgan fingerprint density at radius 1 is 1.18 bits per heavy atom. The lowest BCUT2D eigenvalue weighted by Gasteiger charge is -2.10. The highest BCUT2D eigenvalue weighted by molar-refractivity contribution is 7.99. The van der Waals surface area contributed by atoms with E-state index in [9.17, 15) is 9.59 Å². The highest BCUT2D eigenvalue weighted by Gasteiger charge is 2.18. The Labute approximate surface area is 168 Å². The van der Waals surface area contributed by atoms with E-state index in [4.69, 9.17) is 4.74 Å². The number of rotatable bonds is 7. The highest BCUT2D eigenvalue weighted by Crippen LogP contribution is 2.24. The summed E-state index contributed by atoms with van der Waals surface area (Å²) in [6, 6.07) is 9.07. The minimum absolute atomic E-state index is 0.0705. The van der Waals surface area contributed by atoms with Crippen LogP contribution in [0.3, 0.4) is 0 Å². The number of carbonyl (C=O) groups is 2. The molecule has 0 fully saturated rings. The van der Waals surface area contributed by atoms with Crippen molar-refractivity contribution in [2.24, 2.45) is 0 Å². The van der Waals surface area contributed by atoms with Gasteiger partial charge in [0, 0.05) is 41.6 Å². The van der Waals surface area contributed by atoms with E-state index in [0.29, 0.717) is 16.9 Å². The van der Waals surface area contributed by atoms with Gasteiger partial charge in [0.05, 0.1) is 18.4 Å². The lowest BCUT2D eigenvalue weighted by molar-refractivity contribution is 0.0600. The number of aromatic nitrogens is 3. The Bertz CT molecular complexity index is 1000. The number of imidazole rings is 1. The molecule has 2 heterocycles. The molecule has 28 heavy (non-hydrogen) atoms. The maximum Gasteiger partial charge on any atom is 0.337 e. The highest BCUT2D eigenvalue weighted by atomic mass is 32.2. The fourth-order valence-corrected chi connectivity index (χ4v) is 4.10. The third-order valence-corrected chi connectivity index (χ3v) is 5.63. The van der Waals surface area contributed by atoms with Gasteiger partial charge in [0.15, 0.2) is 10.9 Å². The molecule has 0 amide bonds. The summed E-state index contributed by atoms with van der Waals surface area (Å²) in [6.07, 6.45) is 3.66. The quantitative estimate of drug-likeness (QED) is 0.342. The van der Waals surface area contributed by atoms with E-state index < -0.39 is 0 Å².